The molecule has 0 rings (SSSR count). The number of rotatable bonds is 73. The summed E-state index contributed by atoms with van der Waals surface area (Å²) in [4.78, 5) is 24.6. The number of hydrogen-bond acceptors (Lipinski definition) is 5. The predicted octanol–water partition coefficient (Wildman–Crippen LogP) is 25.1. The van der Waals surface area contributed by atoms with Gasteiger partial charge in [0.15, 0.2) is 0 Å². The highest BCUT2D eigenvalue weighted by Crippen LogP contribution is 2.20. The summed E-state index contributed by atoms with van der Waals surface area (Å²) in [5, 5.41) is 23.4. The first-order chi connectivity index (χ1) is 41.0. The van der Waals surface area contributed by atoms with E-state index in [1.54, 1.807) is 0 Å². The van der Waals surface area contributed by atoms with E-state index >= 15 is 0 Å². The minimum absolute atomic E-state index is 0.0242. The van der Waals surface area contributed by atoms with E-state index < -0.39 is 12.1 Å². The van der Waals surface area contributed by atoms with Crippen LogP contribution in [0.2, 0.25) is 0 Å². The van der Waals surface area contributed by atoms with E-state index in [2.05, 4.69) is 31.3 Å². The molecule has 2 unspecified atom stereocenters. The number of ether oxygens (including phenoxy) is 1. The van der Waals surface area contributed by atoms with Crippen LogP contribution in [0.5, 0.6) is 0 Å². The van der Waals surface area contributed by atoms with Gasteiger partial charge in [0.2, 0.25) is 5.91 Å². The molecule has 0 aliphatic heterocycles. The minimum Gasteiger partial charge on any atom is -0.466 e. The molecule has 6 nitrogen and oxygen atoms in total. The maximum Gasteiger partial charge on any atom is 0.305 e. The second kappa shape index (κ2) is 73.1. The van der Waals surface area contributed by atoms with Crippen molar-refractivity contribution in [2.75, 3.05) is 13.2 Å². The number of carbonyl (C=O) groups excluding carboxylic acids is 2. The molecule has 0 aliphatic rings. The zero-order chi connectivity index (χ0) is 59.9. The largest absolute Gasteiger partial charge is 0.466 e. The lowest BCUT2D eigenvalue weighted by Crippen LogP contribution is -2.45. The summed E-state index contributed by atoms with van der Waals surface area (Å²) in [6.07, 6.45) is 91.5. The fourth-order valence-electron chi connectivity index (χ4n) is 12.5. The second-order valence-corrected chi connectivity index (χ2v) is 26.7. The Balaban J connectivity index is 3.32. The van der Waals surface area contributed by atoms with Gasteiger partial charge in [-0.2, -0.15) is 0 Å². The van der Waals surface area contributed by atoms with Crippen LogP contribution in [-0.2, 0) is 14.3 Å². The summed E-state index contributed by atoms with van der Waals surface area (Å²) in [6.45, 7) is 5.01. The molecule has 0 saturated carbocycles. The van der Waals surface area contributed by atoms with Gasteiger partial charge in [-0.3, -0.25) is 9.59 Å². The van der Waals surface area contributed by atoms with Crippen LogP contribution in [0.15, 0.2) is 12.2 Å². The van der Waals surface area contributed by atoms with Crippen LogP contribution < -0.4 is 5.32 Å². The molecule has 0 aromatic heterocycles. The molecule has 0 aromatic rings. The Labute approximate surface area is 520 Å². The quantitative estimate of drug-likeness (QED) is 0.0320. The van der Waals surface area contributed by atoms with Crippen molar-refractivity contribution in [2.45, 2.75) is 456 Å². The van der Waals surface area contributed by atoms with Crippen LogP contribution >= 0.6 is 0 Å². The van der Waals surface area contributed by atoms with Gasteiger partial charge in [0.1, 0.15) is 0 Å². The molecule has 6 heteroatoms. The second-order valence-electron chi connectivity index (χ2n) is 26.7. The average molecular weight is 1170 g/mol. The molecular formula is C77H151NO5. The van der Waals surface area contributed by atoms with Gasteiger partial charge < -0.3 is 20.3 Å². The SMILES string of the molecule is CCCCCCCCCCCCCCCCCCC(O)C(CO)NC(=O)CCCCCCCCCCCCCCCCCCC/C=C\CCCCCCCCCCCCCCCCOC(=O)CCCCCCCCCCCCCCCCC. The maximum absolute atomic E-state index is 12.5. The monoisotopic (exact) mass is 1170 g/mol. The average Bonchev–Trinajstić information content (AvgIpc) is 3.49. The Morgan fingerprint density at radius 2 is 0.566 bits per heavy atom. The number of nitrogens with one attached hydrogen (secondary N) is 1. The van der Waals surface area contributed by atoms with Gasteiger partial charge in [0, 0.05) is 12.8 Å². The summed E-state index contributed by atoms with van der Waals surface area (Å²) >= 11 is 0. The number of allylic oxidation sites excluding steroid dienone is 2. The summed E-state index contributed by atoms with van der Waals surface area (Å²) in [7, 11) is 0. The molecule has 0 aromatic carbocycles. The van der Waals surface area contributed by atoms with Crippen molar-refractivity contribution in [3.8, 4) is 0 Å². The van der Waals surface area contributed by atoms with Crippen LogP contribution in [0.1, 0.15) is 444 Å². The van der Waals surface area contributed by atoms with Crippen molar-refractivity contribution in [3.05, 3.63) is 12.2 Å². The highest BCUT2D eigenvalue weighted by Gasteiger charge is 2.20. The minimum atomic E-state index is -0.661. The van der Waals surface area contributed by atoms with Crippen molar-refractivity contribution in [1.29, 1.82) is 0 Å². The fraction of sp³-hybridized carbons (Fsp3) is 0.948. The molecule has 0 aliphatic carbocycles. The van der Waals surface area contributed by atoms with Crippen molar-refractivity contribution in [3.63, 3.8) is 0 Å². The molecular weight excluding hydrogens is 1020 g/mol. The van der Waals surface area contributed by atoms with Crippen molar-refractivity contribution >= 4 is 11.9 Å². The Hall–Kier alpha value is -1.40. The first-order valence-electron chi connectivity index (χ1n) is 38.4. The third-order valence-electron chi connectivity index (χ3n) is 18.3. The van der Waals surface area contributed by atoms with E-state index in [4.69, 9.17) is 4.74 Å². The number of aliphatic hydroxyl groups is 2. The molecule has 0 heterocycles. The van der Waals surface area contributed by atoms with E-state index in [9.17, 15) is 19.8 Å². The Bertz CT molecular complexity index is 1260. The van der Waals surface area contributed by atoms with Gasteiger partial charge in [-0.15, -0.1) is 0 Å². The molecule has 0 saturated heterocycles. The molecule has 0 bridgehead atoms. The van der Waals surface area contributed by atoms with E-state index in [1.165, 1.54) is 372 Å². The molecule has 494 valence electrons. The first-order valence-corrected chi connectivity index (χ1v) is 38.4. The molecule has 1 amide bonds. The Morgan fingerprint density at radius 3 is 0.855 bits per heavy atom. The first kappa shape index (κ1) is 81.6. The molecule has 3 N–H and O–H groups in total. The molecule has 0 spiro atoms. The van der Waals surface area contributed by atoms with Crippen LogP contribution in [0.4, 0.5) is 0 Å². The van der Waals surface area contributed by atoms with Gasteiger partial charge in [0.05, 0.1) is 25.4 Å². The van der Waals surface area contributed by atoms with E-state index in [1.807, 2.05) is 0 Å². The maximum atomic E-state index is 12.5. The lowest BCUT2D eigenvalue weighted by atomic mass is 10.0. The zero-order valence-electron chi connectivity index (χ0n) is 56.7. The van der Waals surface area contributed by atoms with Gasteiger partial charge in [-0.05, 0) is 51.4 Å². The number of esters is 1. The van der Waals surface area contributed by atoms with Gasteiger partial charge in [-0.25, -0.2) is 0 Å². The van der Waals surface area contributed by atoms with Crippen LogP contribution in [0, 0.1) is 0 Å². The Kier molecular flexibility index (Phi) is 71.8. The fourth-order valence-corrected chi connectivity index (χ4v) is 12.5. The van der Waals surface area contributed by atoms with Crippen LogP contribution in [0.25, 0.3) is 0 Å². The highest BCUT2D eigenvalue weighted by molar-refractivity contribution is 5.76. The number of carbonyl (C=O) groups is 2. The molecule has 0 radical (unpaired) electrons. The highest BCUT2D eigenvalue weighted by atomic mass is 16.5. The van der Waals surface area contributed by atoms with E-state index in [0.29, 0.717) is 25.9 Å². The normalized spacial score (nSPS) is 12.5. The standard InChI is InChI=1S/C77H151NO5/c1-3-5-7-9-11-13-15-17-19-42-45-49-53-57-61-65-69-75(80)74(73-79)78-76(81)70-66-62-58-54-50-46-43-39-37-35-33-31-29-27-25-23-21-20-22-24-26-28-30-32-34-36-38-40-44-48-52-56-60-64-68-72-83-77(82)71-67-63-59-55-51-47-41-18-16-14-12-10-8-6-4-2/h22,24,74-75,79-80H,3-21,23,25-73H2,1-2H3,(H,78,81)/b24-22-. The molecule has 83 heavy (non-hydrogen) atoms. The van der Waals surface area contributed by atoms with Gasteiger partial charge in [-0.1, -0.05) is 392 Å². The summed E-state index contributed by atoms with van der Waals surface area (Å²) in [6, 6.07) is -0.538. The number of aliphatic hydroxyl groups excluding tert-OH is 2. The van der Waals surface area contributed by atoms with Crippen LogP contribution in [0.3, 0.4) is 0 Å². The van der Waals surface area contributed by atoms with Crippen LogP contribution in [-0.4, -0.2) is 47.4 Å². The zero-order valence-corrected chi connectivity index (χ0v) is 56.7. The number of unbranched alkanes of at least 4 members (excludes halogenated alkanes) is 60. The van der Waals surface area contributed by atoms with Gasteiger partial charge in [0.25, 0.3) is 0 Å². The Morgan fingerprint density at radius 1 is 0.325 bits per heavy atom. The van der Waals surface area contributed by atoms with Crippen molar-refractivity contribution in [2.24, 2.45) is 0 Å². The third kappa shape index (κ3) is 69.6. The number of hydrogen-bond donors (Lipinski definition) is 3. The smallest absolute Gasteiger partial charge is 0.305 e. The summed E-state index contributed by atoms with van der Waals surface area (Å²) in [5.41, 5.74) is 0. The van der Waals surface area contributed by atoms with Crippen molar-refractivity contribution < 1.29 is 24.5 Å². The lowest BCUT2D eigenvalue weighted by molar-refractivity contribution is -0.143. The van der Waals surface area contributed by atoms with E-state index in [-0.39, 0.29) is 18.5 Å². The summed E-state index contributed by atoms with van der Waals surface area (Å²) < 4.78 is 5.50. The van der Waals surface area contributed by atoms with Crippen molar-refractivity contribution in [1.82, 2.24) is 5.32 Å². The summed E-state index contributed by atoms with van der Waals surface area (Å²) in [5.74, 6) is -0.00305. The molecule has 0 fully saturated rings. The van der Waals surface area contributed by atoms with E-state index in [0.717, 1.165) is 38.5 Å². The third-order valence-corrected chi connectivity index (χ3v) is 18.3. The topological polar surface area (TPSA) is 95.9 Å². The molecule has 2 atom stereocenters. The van der Waals surface area contributed by atoms with Gasteiger partial charge >= 0.3 is 5.97 Å². The lowest BCUT2D eigenvalue weighted by Gasteiger charge is -2.22. The number of amides is 1. The predicted molar refractivity (Wildman–Crippen MR) is 366 cm³/mol.